The van der Waals surface area contributed by atoms with E-state index >= 15 is 0 Å². The van der Waals surface area contributed by atoms with Crippen molar-refractivity contribution in [3.63, 3.8) is 0 Å². The highest BCUT2D eigenvalue weighted by Crippen LogP contribution is 2.38. The van der Waals surface area contributed by atoms with Crippen molar-refractivity contribution in [3.05, 3.63) is 28.8 Å². The molecule has 0 aromatic heterocycles. The Morgan fingerprint density at radius 2 is 2.47 bits per heavy atom. The van der Waals surface area contributed by atoms with E-state index in [2.05, 4.69) is 10.1 Å². The molecule has 1 atom stereocenters. The number of hydrogen-bond acceptors (Lipinski definition) is 3. The monoisotopic (exact) mass is 225 g/mol. The van der Waals surface area contributed by atoms with Crippen LogP contribution in [0.15, 0.2) is 18.2 Å². The zero-order valence-corrected chi connectivity index (χ0v) is 9.17. The fraction of sp³-hybridized carbons (Fsp3) is 0.364. The van der Waals surface area contributed by atoms with Gasteiger partial charge in [-0.05, 0) is 17.7 Å². The molecular weight excluding hydrogens is 214 g/mol. The predicted molar refractivity (Wildman–Crippen MR) is 59.3 cm³/mol. The van der Waals surface area contributed by atoms with Gasteiger partial charge in [-0.1, -0.05) is 17.7 Å². The van der Waals surface area contributed by atoms with Crippen LogP contribution in [0.3, 0.4) is 0 Å². The molecule has 1 aromatic carbocycles. The molecule has 0 saturated carbocycles. The molecule has 0 amide bonds. The van der Waals surface area contributed by atoms with Gasteiger partial charge in [0.05, 0.1) is 13.5 Å². The summed E-state index contributed by atoms with van der Waals surface area (Å²) in [5.41, 5.74) is 2.06. The van der Waals surface area contributed by atoms with E-state index in [-0.39, 0.29) is 11.9 Å². The van der Waals surface area contributed by atoms with Crippen LogP contribution in [0.2, 0.25) is 5.02 Å². The number of carbonyl (C=O) groups is 1. The van der Waals surface area contributed by atoms with Crippen molar-refractivity contribution in [1.82, 2.24) is 0 Å². The lowest BCUT2D eigenvalue weighted by Crippen LogP contribution is -2.10. The topological polar surface area (TPSA) is 38.3 Å². The Hall–Kier alpha value is -1.22. The van der Waals surface area contributed by atoms with E-state index in [9.17, 15) is 4.79 Å². The first-order valence-electron chi connectivity index (χ1n) is 4.81. The average Bonchev–Trinajstić information content (AvgIpc) is 2.63. The molecule has 1 aliphatic heterocycles. The molecule has 1 aliphatic rings. The number of hydrogen-bond donors (Lipinski definition) is 1. The predicted octanol–water partition coefficient (Wildman–Crippen LogP) is 2.41. The Bertz CT molecular complexity index is 392. The lowest BCUT2D eigenvalue weighted by atomic mass is 9.98. The fourth-order valence-electron chi connectivity index (χ4n) is 1.90. The van der Waals surface area contributed by atoms with Gasteiger partial charge in [0.15, 0.2) is 0 Å². The van der Waals surface area contributed by atoms with Gasteiger partial charge in [0.2, 0.25) is 0 Å². The minimum Gasteiger partial charge on any atom is -0.469 e. The Morgan fingerprint density at radius 3 is 3.20 bits per heavy atom. The molecule has 0 bridgehead atoms. The smallest absolute Gasteiger partial charge is 0.306 e. The molecular formula is C11H12ClNO2. The second-order valence-electron chi connectivity index (χ2n) is 3.56. The molecule has 0 unspecified atom stereocenters. The van der Waals surface area contributed by atoms with Gasteiger partial charge in [0.25, 0.3) is 0 Å². The van der Waals surface area contributed by atoms with Gasteiger partial charge in [-0.15, -0.1) is 0 Å². The Kier molecular flexibility index (Phi) is 2.82. The number of fused-ring (bicyclic) bond motifs is 1. The summed E-state index contributed by atoms with van der Waals surface area (Å²) in [6.07, 6.45) is 0.375. The lowest BCUT2D eigenvalue weighted by Gasteiger charge is -2.09. The summed E-state index contributed by atoms with van der Waals surface area (Å²) < 4.78 is 4.66. The van der Waals surface area contributed by atoms with Crippen LogP contribution in [0.4, 0.5) is 5.69 Å². The van der Waals surface area contributed by atoms with Crippen molar-refractivity contribution in [3.8, 4) is 0 Å². The zero-order valence-electron chi connectivity index (χ0n) is 8.42. The third-order valence-corrected chi connectivity index (χ3v) is 2.97. The van der Waals surface area contributed by atoms with Gasteiger partial charge in [0, 0.05) is 23.2 Å². The van der Waals surface area contributed by atoms with Crippen LogP contribution < -0.4 is 5.32 Å². The molecule has 2 rings (SSSR count). The van der Waals surface area contributed by atoms with Crippen LogP contribution in [0.5, 0.6) is 0 Å². The van der Waals surface area contributed by atoms with Crippen molar-refractivity contribution in [2.45, 2.75) is 12.3 Å². The van der Waals surface area contributed by atoms with Crippen LogP contribution in [0.1, 0.15) is 17.9 Å². The zero-order chi connectivity index (χ0) is 10.8. The molecule has 80 valence electrons. The van der Waals surface area contributed by atoms with Crippen LogP contribution in [-0.4, -0.2) is 19.6 Å². The van der Waals surface area contributed by atoms with E-state index in [1.807, 2.05) is 18.2 Å². The number of anilines is 1. The quantitative estimate of drug-likeness (QED) is 0.786. The molecule has 1 heterocycles. The molecule has 0 radical (unpaired) electrons. The molecule has 1 aromatic rings. The first-order valence-corrected chi connectivity index (χ1v) is 5.19. The average molecular weight is 226 g/mol. The second kappa shape index (κ2) is 4.11. The van der Waals surface area contributed by atoms with E-state index in [1.54, 1.807) is 0 Å². The lowest BCUT2D eigenvalue weighted by molar-refractivity contribution is -0.140. The van der Waals surface area contributed by atoms with Gasteiger partial charge in [0.1, 0.15) is 0 Å². The summed E-state index contributed by atoms with van der Waals surface area (Å²) in [6, 6.07) is 5.71. The van der Waals surface area contributed by atoms with Crippen molar-refractivity contribution < 1.29 is 9.53 Å². The third-order valence-electron chi connectivity index (χ3n) is 2.64. The number of nitrogens with one attached hydrogen (secondary N) is 1. The highest BCUT2D eigenvalue weighted by molar-refractivity contribution is 6.32. The second-order valence-corrected chi connectivity index (χ2v) is 3.97. The number of esters is 1. The summed E-state index contributed by atoms with van der Waals surface area (Å²) in [5, 5.41) is 3.94. The SMILES string of the molecule is COC(=O)C[C@@H]1CNc2cccc(Cl)c21. The summed E-state index contributed by atoms with van der Waals surface area (Å²) in [6.45, 7) is 0.744. The summed E-state index contributed by atoms with van der Waals surface area (Å²) in [7, 11) is 1.40. The molecule has 15 heavy (non-hydrogen) atoms. The van der Waals surface area contributed by atoms with Crippen molar-refractivity contribution in [2.75, 3.05) is 19.0 Å². The summed E-state index contributed by atoms with van der Waals surface area (Å²) in [5.74, 6) is -0.0734. The van der Waals surface area contributed by atoms with E-state index in [0.29, 0.717) is 11.4 Å². The van der Waals surface area contributed by atoms with Crippen LogP contribution >= 0.6 is 11.6 Å². The number of carbonyl (C=O) groups excluding carboxylic acids is 1. The van der Waals surface area contributed by atoms with Gasteiger partial charge in [-0.2, -0.15) is 0 Å². The number of benzene rings is 1. The van der Waals surface area contributed by atoms with Crippen molar-refractivity contribution >= 4 is 23.3 Å². The number of rotatable bonds is 2. The molecule has 0 spiro atoms. The van der Waals surface area contributed by atoms with Crippen molar-refractivity contribution in [2.24, 2.45) is 0 Å². The number of methoxy groups -OCH3 is 1. The van der Waals surface area contributed by atoms with Gasteiger partial charge >= 0.3 is 5.97 Å². The first kappa shape index (κ1) is 10.3. The van der Waals surface area contributed by atoms with Gasteiger partial charge in [-0.25, -0.2) is 0 Å². The molecule has 1 N–H and O–H groups in total. The van der Waals surface area contributed by atoms with E-state index in [1.165, 1.54) is 7.11 Å². The van der Waals surface area contributed by atoms with E-state index < -0.39 is 0 Å². The first-order chi connectivity index (χ1) is 7.22. The molecule has 0 fully saturated rings. The minimum absolute atomic E-state index is 0.126. The maximum atomic E-state index is 11.2. The largest absolute Gasteiger partial charge is 0.469 e. The maximum Gasteiger partial charge on any atom is 0.306 e. The normalized spacial score (nSPS) is 18.1. The Balaban J connectivity index is 2.24. The number of ether oxygens (including phenoxy) is 1. The maximum absolute atomic E-state index is 11.2. The minimum atomic E-state index is -0.199. The molecule has 4 heteroatoms. The summed E-state index contributed by atoms with van der Waals surface area (Å²) >= 11 is 6.10. The third kappa shape index (κ3) is 1.92. The molecule has 0 saturated heterocycles. The molecule has 3 nitrogen and oxygen atoms in total. The standard InChI is InChI=1S/C11H12ClNO2/c1-15-10(14)5-7-6-13-9-4-2-3-8(12)11(7)9/h2-4,7,13H,5-6H2,1H3/t7-/m1/s1. The summed E-state index contributed by atoms with van der Waals surface area (Å²) in [4.78, 5) is 11.2. The Labute approximate surface area is 93.4 Å². The fourth-order valence-corrected chi connectivity index (χ4v) is 2.23. The van der Waals surface area contributed by atoms with Crippen LogP contribution in [0, 0.1) is 0 Å². The molecule has 0 aliphatic carbocycles. The van der Waals surface area contributed by atoms with E-state index in [4.69, 9.17) is 11.6 Å². The Morgan fingerprint density at radius 1 is 1.67 bits per heavy atom. The van der Waals surface area contributed by atoms with Gasteiger partial charge < -0.3 is 10.1 Å². The van der Waals surface area contributed by atoms with Crippen LogP contribution in [0.25, 0.3) is 0 Å². The van der Waals surface area contributed by atoms with Gasteiger partial charge in [-0.3, -0.25) is 4.79 Å². The number of halogens is 1. The highest BCUT2D eigenvalue weighted by atomic mass is 35.5. The van der Waals surface area contributed by atoms with E-state index in [0.717, 1.165) is 17.8 Å². The highest BCUT2D eigenvalue weighted by Gasteiger charge is 2.26. The van der Waals surface area contributed by atoms with Crippen molar-refractivity contribution in [1.29, 1.82) is 0 Å². The van der Waals surface area contributed by atoms with Crippen LogP contribution in [-0.2, 0) is 9.53 Å².